The van der Waals surface area contributed by atoms with Crippen molar-refractivity contribution in [2.24, 2.45) is 0 Å². The van der Waals surface area contributed by atoms with Gasteiger partial charge in [-0.25, -0.2) is 0 Å². The van der Waals surface area contributed by atoms with Crippen molar-refractivity contribution < 1.29 is 4.79 Å². The summed E-state index contributed by atoms with van der Waals surface area (Å²) in [6.45, 7) is 4.31. The van der Waals surface area contributed by atoms with Gasteiger partial charge in [-0.2, -0.15) is 0 Å². The van der Waals surface area contributed by atoms with Gasteiger partial charge in [-0.05, 0) is 78.8 Å². The van der Waals surface area contributed by atoms with Crippen LogP contribution in [-0.4, -0.2) is 26.0 Å². The van der Waals surface area contributed by atoms with Crippen molar-refractivity contribution in [2.45, 2.75) is 19.8 Å². The van der Waals surface area contributed by atoms with Crippen molar-refractivity contribution in [1.29, 1.82) is 0 Å². The lowest BCUT2D eigenvalue weighted by Crippen LogP contribution is -2.27. The van der Waals surface area contributed by atoms with Gasteiger partial charge in [-0.1, -0.05) is 11.6 Å². The van der Waals surface area contributed by atoms with Gasteiger partial charge in [-0.15, -0.1) is 0 Å². The molecule has 0 N–H and O–H groups in total. The number of carbonyl (C=O) groups excluding carboxylic acids is 1. The van der Waals surface area contributed by atoms with Crippen LogP contribution in [0.5, 0.6) is 0 Å². The Morgan fingerprint density at radius 1 is 1.09 bits per heavy atom. The highest BCUT2D eigenvalue weighted by Crippen LogP contribution is 2.25. The molecule has 2 aromatic rings. The largest absolute Gasteiger partial charge is 0.372 e. The number of nitrogens with zero attached hydrogens (tertiary/aromatic N) is 2. The van der Waals surface area contributed by atoms with Gasteiger partial charge in [0.15, 0.2) is 0 Å². The molecule has 1 aliphatic rings. The van der Waals surface area contributed by atoms with Gasteiger partial charge in [0.05, 0.1) is 5.56 Å². The third-order valence-corrected chi connectivity index (χ3v) is 5.26. The Labute approximate surface area is 151 Å². The molecule has 120 valence electrons. The van der Waals surface area contributed by atoms with E-state index in [1.807, 2.05) is 44.3 Å². The highest BCUT2D eigenvalue weighted by atomic mass is 127. The SMILES string of the molecule is Cc1ccc(C(=O)N(C)c2ccc(N3CCCC3)cc2)c(I)c1. The molecular formula is C19H21IN2O. The monoisotopic (exact) mass is 420 g/mol. The number of hydrogen-bond acceptors (Lipinski definition) is 2. The van der Waals surface area contributed by atoms with Gasteiger partial charge in [0, 0.05) is 35.1 Å². The third-order valence-electron chi connectivity index (χ3n) is 4.37. The fraction of sp³-hybridized carbons (Fsp3) is 0.316. The summed E-state index contributed by atoms with van der Waals surface area (Å²) in [4.78, 5) is 16.8. The van der Waals surface area contributed by atoms with Crippen LogP contribution in [0.3, 0.4) is 0 Å². The minimum absolute atomic E-state index is 0.0309. The molecule has 1 amide bonds. The molecule has 0 aromatic heterocycles. The zero-order valence-electron chi connectivity index (χ0n) is 13.6. The minimum atomic E-state index is 0.0309. The number of halogens is 1. The molecule has 0 spiro atoms. The second-order valence-corrected chi connectivity index (χ2v) is 7.22. The molecule has 0 bridgehead atoms. The Bertz CT molecular complexity index is 706. The van der Waals surface area contributed by atoms with Crippen LogP contribution >= 0.6 is 22.6 Å². The predicted molar refractivity (Wildman–Crippen MR) is 105 cm³/mol. The maximum atomic E-state index is 12.7. The first kappa shape index (κ1) is 16.3. The zero-order chi connectivity index (χ0) is 16.4. The Morgan fingerprint density at radius 2 is 1.74 bits per heavy atom. The van der Waals surface area contributed by atoms with E-state index in [2.05, 4.69) is 39.6 Å². The fourth-order valence-electron chi connectivity index (χ4n) is 2.95. The average molecular weight is 420 g/mol. The van der Waals surface area contributed by atoms with Gasteiger partial charge in [-0.3, -0.25) is 4.79 Å². The summed E-state index contributed by atoms with van der Waals surface area (Å²) < 4.78 is 0.994. The molecule has 3 nitrogen and oxygen atoms in total. The van der Waals surface area contributed by atoms with Gasteiger partial charge >= 0.3 is 0 Å². The summed E-state index contributed by atoms with van der Waals surface area (Å²) in [5.41, 5.74) is 4.09. The highest BCUT2D eigenvalue weighted by Gasteiger charge is 2.17. The van der Waals surface area contributed by atoms with E-state index >= 15 is 0 Å². The van der Waals surface area contributed by atoms with Crippen molar-refractivity contribution in [3.63, 3.8) is 0 Å². The summed E-state index contributed by atoms with van der Waals surface area (Å²) in [6.07, 6.45) is 2.54. The maximum Gasteiger partial charge on any atom is 0.259 e. The number of benzene rings is 2. The van der Waals surface area contributed by atoms with Gasteiger partial charge in [0.1, 0.15) is 0 Å². The minimum Gasteiger partial charge on any atom is -0.372 e. The molecule has 1 heterocycles. The summed E-state index contributed by atoms with van der Waals surface area (Å²) >= 11 is 2.23. The smallest absolute Gasteiger partial charge is 0.259 e. The first-order chi connectivity index (χ1) is 11.1. The first-order valence-corrected chi connectivity index (χ1v) is 9.03. The number of aryl methyl sites for hydroxylation is 1. The summed E-state index contributed by atoms with van der Waals surface area (Å²) in [6, 6.07) is 14.2. The van der Waals surface area contributed by atoms with Crippen molar-refractivity contribution in [3.05, 3.63) is 57.2 Å². The van der Waals surface area contributed by atoms with E-state index in [4.69, 9.17) is 0 Å². The molecule has 1 aliphatic heterocycles. The molecule has 1 saturated heterocycles. The van der Waals surface area contributed by atoms with Crippen molar-refractivity contribution in [2.75, 3.05) is 29.9 Å². The summed E-state index contributed by atoms with van der Waals surface area (Å²) in [7, 11) is 1.84. The number of carbonyl (C=O) groups is 1. The van der Waals surface area contributed by atoms with E-state index in [0.717, 1.165) is 27.9 Å². The van der Waals surface area contributed by atoms with E-state index in [9.17, 15) is 4.79 Å². The molecular weight excluding hydrogens is 399 g/mol. The quantitative estimate of drug-likeness (QED) is 0.684. The van der Waals surface area contributed by atoms with Crippen molar-refractivity contribution >= 4 is 39.9 Å². The number of amides is 1. The Hall–Kier alpha value is -1.56. The second-order valence-electron chi connectivity index (χ2n) is 6.06. The van der Waals surface area contributed by atoms with Crippen LogP contribution in [0.2, 0.25) is 0 Å². The molecule has 23 heavy (non-hydrogen) atoms. The summed E-state index contributed by atoms with van der Waals surface area (Å²) in [5.74, 6) is 0.0309. The molecule has 4 heteroatoms. The molecule has 0 radical (unpaired) electrons. The van der Waals surface area contributed by atoms with Gasteiger partial charge in [0.25, 0.3) is 5.91 Å². The standard InChI is InChI=1S/C19H21IN2O/c1-14-5-10-17(18(20)13-14)19(23)21(2)15-6-8-16(9-7-15)22-11-3-4-12-22/h5-10,13H,3-4,11-12H2,1-2H3. The van der Waals surface area contributed by atoms with E-state index in [0.29, 0.717) is 0 Å². The van der Waals surface area contributed by atoms with E-state index in [1.54, 1.807) is 4.90 Å². The first-order valence-electron chi connectivity index (χ1n) is 7.95. The van der Waals surface area contributed by atoms with E-state index in [-0.39, 0.29) is 5.91 Å². The van der Waals surface area contributed by atoms with Crippen LogP contribution < -0.4 is 9.80 Å². The lowest BCUT2D eigenvalue weighted by molar-refractivity contribution is 0.0992. The highest BCUT2D eigenvalue weighted by molar-refractivity contribution is 14.1. The molecule has 0 aliphatic carbocycles. The van der Waals surface area contributed by atoms with E-state index in [1.165, 1.54) is 24.1 Å². The lowest BCUT2D eigenvalue weighted by atomic mass is 10.1. The molecule has 0 saturated carbocycles. The number of anilines is 2. The number of rotatable bonds is 3. The van der Waals surface area contributed by atoms with Crippen LogP contribution in [0.4, 0.5) is 11.4 Å². The van der Waals surface area contributed by atoms with Crippen LogP contribution in [0.25, 0.3) is 0 Å². The number of hydrogen-bond donors (Lipinski definition) is 0. The third kappa shape index (κ3) is 3.52. The Balaban J connectivity index is 1.79. The molecule has 0 unspecified atom stereocenters. The van der Waals surface area contributed by atoms with Gasteiger partial charge in [0.2, 0.25) is 0 Å². The zero-order valence-corrected chi connectivity index (χ0v) is 15.7. The maximum absolute atomic E-state index is 12.7. The summed E-state index contributed by atoms with van der Waals surface area (Å²) in [5, 5.41) is 0. The normalized spacial score (nSPS) is 14.1. The predicted octanol–water partition coefficient (Wildman–Crippen LogP) is 4.48. The fourth-order valence-corrected chi connectivity index (χ4v) is 3.86. The van der Waals surface area contributed by atoms with Crippen molar-refractivity contribution in [1.82, 2.24) is 0 Å². The topological polar surface area (TPSA) is 23.6 Å². The Morgan fingerprint density at radius 3 is 2.35 bits per heavy atom. The molecule has 0 atom stereocenters. The molecule has 2 aromatic carbocycles. The van der Waals surface area contributed by atoms with Crippen LogP contribution in [0, 0.1) is 10.5 Å². The molecule has 3 rings (SSSR count). The van der Waals surface area contributed by atoms with E-state index < -0.39 is 0 Å². The van der Waals surface area contributed by atoms with Crippen molar-refractivity contribution in [3.8, 4) is 0 Å². The second kappa shape index (κ2) is 6.91. The van der Waals surface area contributed by atoms with Crippen LogP contribution in [0.1, 0.15) is 28.8 Å². The van der Waals surface area contributed by atoms with Crippen LogP contribution in [-0.2, 0) is 0 Å². The Kier molecular flexibility index (Phi) is 4.90. The average Bonchev–Trinajstić information content (AvgIpc) is 3.08. The van der Waals surface area contributed by atoms with Gasteiger partial charge < -0.3 is 9.80 Å². The molecule has 1 fully saturated rings. The van der Waals surface area contributed by atoms with Crippen LogP contribution in [0.15, 0.2) is 42.5 Å². The lowest BCUT2D eigenvalue weighted by Gasteiger charge is -2.21.